The lowest BCUT2D eigenvalue weighted by Crippen LogP contribution is -2.37. The van der Waals surface area contributed by atoms with Gasteiger partial charge in [0.05, 0.1) is 15.6 Å². The molecule has 0 bridgehead atoms. The van der Waals surface area contributed by atoms with E-state index in [0.29, 0.717) is 21.6 Å². The van der Waals surface area contributed by atoms with Gasteiger partial charge in [0.2, 0.25) is 5.91 Å². The molecular weight excluding hydrogens is 329 g/mol. The van der Waals surface area contributed by atoms with E-state index in [9.17, 15) is 4.79 Å². The molecule has 2 aromatic rings. The van der Waals surface area contributed by atoms with Crippen molar-refractivity contribution >= 4 is 45.6 Å². The molecule has 1 fully saturated rings. The summed E-state index contributed by atoms with van der Waals surface area (Å²) in [6.07, 6.45) is 3.82. The number of benzene rings is 1. The van der Waals surface area contributed by atoms with Crippen molar-refractivity contribution in [2.24, 2.45) is 5.73 Å². The van der Waals surface area contributed by atoms with Crippen molar-refractivity contribution in [1.29, 1.82) is 0 Å². The molecule has 0 saturated heterocycles. The average molecular weight is 342 g/mol. The lowest BCUT2D eigenvalue weighted by Gasteiger charge is -2.06. The number of hydrogen-bond acceptors (Lipinski definition) is 4. The molecule has 1 saturated carbocycles. The Bertz CT molecular complexity index is 697. The Morgan fingerprint density at radius 1 is 1.43 bits per heavy atom. The zero-order chi connectivity index (χ0) is 15.0. The van der Waals surface area contributed by atoms with Crippen LogP contribution in [0, 0.1) is 0 Å². The summed E-state index contributed by atoms with van der Waals surface area (Å²) in [5.74, 6) is -0.163. The number of nitrogens with two attached hydrogens (primary N) is 1. The van der Waals surface area contributed by atoms with Crippen molar-refractivity contribution in [3.8, 4) is 0 Å². The zero-order valence-corrected chi connectivity index (χ0v) is 13.4. The predicted molar refractivity (Wildman–Crippen MR) is 86.2 cm³/mol. The minimum Gasteiger partial charge on any atom is -0.317 e. The number of carbonyl (C=O) groups is 1. The van der Waals surface area contributed by atoms with Gasteiger partial charge < -0.3 is 11.1 Å². The van der Waals surface area contributed by atoms with Crippen molar-refractivity contribution in [3.05, 3.63) is 44.9 Å². The minimum atomic E-state index is -0.692. The second-order valence-electron chi connectivity index (χ2n) is 5.13. The highest BCUT2D eigenvalue weighted by Crippen LogP contribution is 2.34. The van der Waals surface area contributed by atoms with Crippen molar-refractivity contribution in [3.63, 3.8) is 0 Å². The predicted octanol–water partition coefficient (Wildman–Crippen LogP) is 3.47. The highest BCUT2D eigenvalue weighted by molar-refractivity contribution is 7.15. The van der Waals surface area contributed by atoms with Crippen molar-refractivity contribution in [1.82, 2.24) is 4.98 Å². The number of rotatable bonds is 4. The quantitative estimate of drug-likeness (QED) is 0.894. The number of halogens is 2. The van der Waals surface area contributed by atoms with Gasteiger partial charge in [-0.25, -0.2) is 4.98 Å². The molecule has 21 heavy (non-hydrogen) atoms. The van der Waals surface area contributed by atoms with Gasteiger partial charge >= 0.3 is 0 Å². The van der Waals surface area contributed by atoms with Gasteiger partial charge in [0.25, 0.3) is 0 Å². The van der Waals surface area contributed by atoms with E-state index in [4.69, 9.17) is 28.9 Å². The fourth-order valence-corrected chi connectivity index (χ4v) is 3.12. The van der Waals surface area contributed by atoms with Crippen molar-refractivity contribution in [2.45, 2.75) is 24.8 Å². The standard InChI is InChI=1S/C14H13Cl2N3OS/c15-10-3-1-2-8(11(10)16)6-9-7-18-13(21-9)19-12(20)14(17)4-5-14/h1-3,7H,4-6,17H2,(H,18,19,20). The Kier molecular flexibility index (Phi) is 3.92. The first-order valence-corrected chi connectivity index (χ1v) is 8.03. The van der Waals surface area contributed by atoms with Crippen LogP contribution in [0.4, 0.5) is 5.13 Å². The molecule has 0 unspecified atom stereocenters. The highest BCUT2D eigenvalue weighted by atomic mass is 35.5. The Labute approximate surface area is 136 Å². The normalized spacial score (nSPS) is 15.8. The van der Waals surface area contributed by atoms with Crippen LogP contribution in [-0.2, 0) is 11.2 Å². The van der Waals surface area contributed by atoms with Gasteiger partial charge in [0.1, 0.15) is 0 Å². The van der Waals surface area contributed by atoms with Crippen LogP contribution in [0.1, 0.15) is 23.3 Å². The van der Waals surface area contributed by atoms with Crippen molar-refractivity contribution < 1.29 is 4.79 Å². The summed E-state index contributed by atoms with van der Waals surface area (Å²) in [5.41, 5.74) is 6.08. The van der Waals surface area contributed by atoms with E-state index in [1.807, 2.05) is 12.1 Å². The van der Waals surface area contributed by atoms with Crippen LogP contribution in [0.5, 0.6) is 0 Å². The van der Waals surface area contributed by atoms with Gasteiger partial charge in [-0.1, -0.05) is 35.3 Å². The van der Waals surface area contributed by atoms with E-state index in [0.717, 1.165) is 23.3 Å². The number of nitrogens with one attached hydrogen (secondary N) is 1. The molecule has 1 amide bonds. The van der Waals surface area contributed by atoms with Gasteiger partial charge in [-0.05, 0) is 24.5 Å². The summed E-state index contributed by atoms with van der Waals surface area (Å²) in [7, 11) is 0. The molecule has 1 aromatic heterocycles. The fraction of sp³-hybridized carbons (Fsp3) is 0.286. The van der Waals surface area contributed by atoms with Gasteiger partial charge in [0.15, 0.2) is 5.13 Å². The molecule has 0 atom stereocenters. The Hall–Kier alpha value is -1.14. The number of amides is 1. The third kappa shape index (κ3) is 3.21. The SMILES string of the molecule is NC1(C(=O)Nc2ncc(Cc3cccc(Cl)c3Cl)s2)CC1. The van der Waals surface area contributed by atoms with Gasteiger partial charge in [-0.15, -0.1) is 11.3 Å². The Balaban J connectivity index is 1.70. The molecule has 0 aliphatic heterocycles. The van der Waals surface area contributed by atoms with Crippen LogP contribution in [0.3, 0.4) is 0 Å². The molecule has 0 spiro atoms. The van der Waals surface area contributed by atoms with Crippen LogP contribution in [-0.4, -0.2) is 16.4 Å². The molecule has 1 aliphatic carbocycles. The molecule has 1 heterocycles. The molecular formula is C14H13Cl2N3OS. The van der Waals surface area contributed by atoms with Crippen LogP contribution in [0.2, 0.25) is 10.0 Å². The monoisotopic (exact) mass is 341 g/mol. The summed E-state index contributed by atoms with van der Waals surface area (Å²) in [5, 5.41) is 4.41. The Morgan fingerprint density at radius 2 is 2.19 bits per heavy atom. The lowest BCUT2D eigenvalue weighted by molar-refractivity contribution is -0.118. The van der Waals surface area contributed by atoms with E-state index < -0.39 is 5.54 Å². The van der Waals surface area contributed by atoms with E-state index in [1.54, 1.807) is 12.3 Å². The van der Waals surface area contributed by atoms with Crippen LogP contribution >= 0.6 is 34.5 Å². The topological polar surface area (TPSA) is 68.0 Å². The molecule has 3 rings (SSSR count). The molecule has 3 N–H and O–H groups in total. The molecule has 1 aliphatic rings. The van der Waals surface area contributed by atoms with Crippen LogP contribution < -0.4 is 11.1 Å². The van der Waals surface area contributed by atoms with Gasteiger partial charge in [-0.2, -0.15) is 0 Å². The van der Waals surface area contributed by atoms with E-state index >= 15 is 0 Å². The molecule has 1 aromatic carbocycles. The number of anilines is 1. The maximum atomic E-state index is 11.9. The van der Waals surface area contributed by atoms with Crippen molar-refractivity contribution in [2.75, 3.05) is 5.32 Å². The lowest BCUT2D eigenvalue weighted by atomic mass is 10.1. The highest BCUT2D eigenvalue weighted by Gasteiger charge is 2.46. The maximum Gasteiger partial charge on any atom is 0.246 e. The van der Waals surface area contributed by atoms with E-state index in [-0.39, 0.29) is 5.91 Å². The third-order valence-corrected chi connectivity index (χ3v) is 5.18. The first-order valence-electron chi connectivity index (χ1n) is 6.46. The van der Waals surface area contributed by atoms with Gasteiger partial charge in [-0.3, -0.25) is 4.79 Å². The second-order valence-corrected chi connectivity index (χ2v) is 7.03. The number of thiazole rings is 1. The summed E-state index contributed by atoms with van der Waals surface area (Å²) in [4.78, 5) is 17.1. The molecule has 0 radical (unpaired) electrons. The fourth-order valence-electron chi connectivity index (χ4n) is 1.90. The van der Waals surface area contributed by atoms with Crippen LogP contribution in [0.25, 0.3) is 0 Å². The van der Waals surface area contributed by atoms with E-state index in [1.165, 1.54) is 11.3 Å². The maximum absolute atomic E-state index is 11.9. The van der Waals surface area contributed by atoms with Crippen LogP contribution in [0.15, 0.2) is 24.4 Å². The minimum absolute atomic E-state index is 0.163. The summed E-state index contributed by atoms with van der Waals surface area (Å²) in [6.45, 7) is 0. The molecule has 110 valence electrons. The van der Waals surface area contributed by atoms with Gasteiger partial charge in [0, 0.05) is 17.5 Å². The first-order chi connectivity index (χ1) is 9.98. The summed E-state index contributed by atoms with van der Waals surface area (Å²) < 4.78 is 0. The summed E-state index contributed by atoms with van der Waals surface area (Å²) >= 11 is 13.6. The zero-order valence-electron chi connectivity index (χ0n) is 11.0. The van der Waals surface area contributed by atoms with E-state index in [2.05, 4.69) is 10.3 Å². The largest absolute Gasteiger partial charge is 0.317 e. The summed E-state index contributed by atoms with van der Waals surface area (Å²) in [6, 6.07) is 5.53. The smallest absolute Gasteiger partial charge is 0.246 e. The number of carbonyl (C=O) groups excluding carboxylic acids is 1. The molecule has 4 nitrogen and oxygen atoms in total. The first kappa shape index (κ1) is 14.8. The Morgan fingerprint density at radius 3 is 2.90 bits per heavy atom. The molecule has 7 heteroatoms. The number of hydrogen-bond donors (Lipinski definition) is 2. The average Bonchev–Trinajstić information content (AvgIpc) is 3.05. The number of aromatic nitrogens is 1. The third-order valence-electron chi connectivity index (χ3n) is 3.41. The number of nitrogens with zero attached hydrogens (tertiary/aromatic N) is 1. The second kappa shape index (κ2) is 5.57.